The molecule has 0 bridgehead atoms. The molecule has 2 aromatic carbocycles. The lowest BCUT2D eigenvalue weighted by Crippen LogP contribution is -2.33. The quantitative estimate of drug-likeness (QED) is 0.560. The molecule has 0 spiro atoms. The number of carbonyl (C=O) groups is 1. The molecule has 174 valence electrons. The van der Waals surface area contributed by atoms with E-state index in [0.29, 0.717) is 17.6 Å². The fourth-order valence-electron chi connectivity index (χ4n) is 4.03. The van der Waals surface area contributed by atoms with Gasteiger partial charge in [0.05, 0.1) is 11.3 Å². The molecule has 0 aromatic heterocycles. The predicted octanol–water partition coefficient (Wildman–Crippen LogP) is 4.17. The lowest BCUT2D eigenvalue weighted by atomic mass is 9.96. The molecule has 1 aliphatic carbocycles. The van der Waals surface area contributed by atoms with Gasteiger partial charge in [-0.05, 0) is 80.0 Å². The van der Waals surface area contributed by atoms with Crippen LogP contribution in [-0.2, 0) is 14.8 Å². The number of amides is 1. The van der Waals surface area contributed by atoms with Crippen molar-refractivity contribution in [3.8, 4) is 5.75 Å². The molecule has 1 aliphatic rings. The monoisotopic (exact) mass is 482 g/mol. The van der Waals surface area contributed by atoms with Crippen LogP contribution in [0.4, 0.5) is 4.39 Å². The molecule has 3 rings (SSSR count). The largest absolute Gasteiger partial charge is 0.484 e. The van der Waals surface area contributed by atoms with E-state index in [-0.39, 0.29) is 17.7 Å². The summed E-state index contributed by atoms with van der Waals surface area (Å²) in [7, 11) is -3.59. The summed E-state index contributed by atoms with van der Waals surface area (Å²) in [5, 5.41) is 3.67. The van der Waals surface area contributed by atoms with Gasteiger partial charge in [0.15, 0.2) is 6.61 Å². The maximum atomic E-state index is 13.4. The maximum absolute atomic E-state index is 13.4. The first-order valence-corrected chi connectivity index (χ1v) is 12.8. The minimum absolute atomic E-state index is 0.0866. The minimum Gasteiger partial charge on any atom is -0.484 e. The summed E-state index contributed by atoms with van der Waals surface area (Å²) in [5.74, 6) is 0.407. The molecule has 9 heteroatoms. The maximum Gasteiger partial charge on any atom is 0.271 e. The summed E-state index contributed by atoms with van der Waals surface area (Å²) in [4.78, 5) is 11.5. The van der Waals surface area contributed by atoms with E-state index in [1.165, 1.54) is 11.6 Å². The Balaban J connectivity index is 1.45. The van der Waals surface area contributed by atoms with Gasteiger partial charge < -0.3 is 10.1 Å². The average molecular weight is 483 g/mol. The third-order valence-electron chi connectivity index (χ3n) is 5.72. The van der Waals surface area contributed by atoms with Crippen molar-refractivity contribution in [2.75, 3.05) is 19.4 Å². The van der Waals surface area contributed by atoms with Crippen molar-refractivity contribution < 1.29 is 22.3 Å². The zero-order chi connectivity index (χ0) is 23.3. The van der Waals surface area contributed by atoms with E-state index in [9.17, 15) is 17.6 Å². The van der Waals surface area contributed by atoms with E-state index in [4.69, 9.17) is 16.3 Å². The molecule has 32 heavy (non-hydrogen) atoms. The molecule has 6 nitrogen and oxygen atoms in total. The molecule has 1 saturated carbocycles. The van der Waals surface area contributed by atoms with E-state index >= 15 is 0 Å². The van der Waals surface area contributed by atoms with Gasteiger partial charge in [0, 0.05) is 6.04 Å². The third-order valence-corrected chi connectivity index (χ3v) is 6.61. The van der Waals surface area contributed by atoms with E-state index < -0.39 is 21.7 Å². The fourth-order valence-corrected chi connectivity index (χ4v) is 4.69. The summed E-state index contributed by atoms with van der Waals surface area (Å²) < 4.78 is 42.7. The molecule has 2 N–H and O–H groups in total. The Morgan fingerprint density at radius 3 is 2.59 bits per heavy atom. The molecule has 3 atom stereocenters. The second-order valence-electron chi connectivity index (χ2n) is 8.33. The van der Waals surface area contributed by atoms with Crippen molar-refractivity contribution >= 4 is 27.5 Å². The molecule has 0 saturated heterocycles. The van der Waals surface area contributed by atoms with E-state index in [1.54, 1.807) is 24.3 Å². The van der Waals surface area contributed by atoms with Crippen LogP contribution in [0, 0.1) is 11.7 Å². The lowest BCUT2D eigenvalue weighted by Gasteiger charge is -2.18. The number of halogens is 2. The van der Waals surface area contributed by atoms with Gasteiger partial charge in [-0.15, -0.1) is 0 Å². The highest BCUT2D eigenvalue weighted by Gasteiger charge is 2.26. The molecule has 2 aromatic rings. The normalized spacial score (nSPS) is 19.5. The lowest BCUT2D eigenvalue weighted by molar-refractivity contribution is -0.121. The van der Waals surface area contributed by atoms with Gasteiger partial charge in [-0.1, -0.05) is 29.8 Å². The first kappa shape index (κ1) is 24.5. The van der Waals surface area contributed by atoms with E-state index in [2.05, 4.69) is 5.32 Å². The number of nitrogens with one attached hydrogen (secondary N) is 2. The Hall–Kier alpha value is -2.16. The molecule has 1 amide bonds. The Morgan fingerprint density at radius 2 is 1.94 bits per heavy atom. The summed E-state index contributed by atoms with van der Waals surface area (Å²) in [6, 6.07) is 12.5. The SMILES string of the molecule is CC(NCC1CCC(c2ccc(OCC(=O)NS(C)(=O)=O)cc2)C1)c1ccc(F)c(Cl)c1. The second kappa shape index (κ2) is 10.6. The number of benzene rings is 2. The highest BCUT2D eigenvalue weighted by molar-refractivity contribution is 7.89. The van der Waals surface area contributed by atoms with Crippen LogP contribution in [0.2, 0.25) is 5.02 Å². The molecule has 0 radical (unpaired) electrons. The molecular weight excluding hydrogens is 455 g/mol. The van der Waals surface area contributed by atoms with Crippen molar-refractivity contribution in [3.05, 3.63) is 64.4 Å². The van der Waals surface area contributed by atoms with Crippen LogP contribution in [0.1, 0.15) is 49.3 Å². The number of hydrogen-bond acceptors (Lipinski definition) is 5. The van der Waals surface area contributed by atoms with Gasteiger partial charge in [-0.25, -0.2) is 12.8 Å². The first-order valence-electron chi connectivity index (χ1n) is 10.5. The van der Waals surface area contributed by atoms with Crippen LogP contribution < -0.4 is 14.8 Å². The van der Waals surface area contributed by atoms with E-state index in [1.807, 2.05) is 23.8 Å². The molecule has 1 fully saturated rings. The van der Waals surface area contributed by atoms with Gasteiger partial charge in [0.2, 0.25) is 10.0 Å². The molecular formula is C23H28ClFN2O4S. The highest BCUT2D eigenvalue weighted by atomic mass is 35.5. The van der Waals surface area contributed by atoms with Crippen LogP contribution in [0.25, 0.3) is 0 Å². The topological polar surface area (TPSA) is 84.5 Å². The minimum atomic E-state index is -3.59. The van der Waals surface area contributed by atoms with Crippen molar-refractivity contribution in [2.24, 2.45) is 5.92 Å². The molecule has 0 heterocycles. The van der Waals surface area contributed by atoms with Gasteiger partial charge >= 0.3 is 0 Å². The Bertz CT molecular complexity index is 1050. The smallest absolute Gasteiger partial charge is 0.271 e. The number of carbonyl (C=O) groups excluding carboxylic acids is 1. The summed E-state index contributed by atoms with van der Waals surface area (Å²) >= 11 is 5.89. The third kappa shape index (κ3) is 7.18. The average Bonchev–Trinajstić information content (AvgIpc) is 3.21. The van der Waals surface area contributed by atoms with Gasteiger partial charge in [0.25, 0.3) is 5.91 Å². The summed E-state index contributed by atoms with van der Waals surface area (Å²) in [5.41, 5.74) is 2.19. The van der Waals surface area contributed by atoms with Crippen LogP contribution >= 0.6 is 11.6 Å². The van der Waals surface area contributed by atoms with Crippen LogP contribution in [0.3, 0.4) is 0 Å². The number of rotatable bonds is 9. The van der Waals surface area contributed by atoms with Gasteiger partial charge in [-0.3, -0.25) is 9.52 Å². The fraction of sp³-hybridized carbons (Fsp3) is 0.435. The number of ether oxygens (including phenoxy) is 1. The Morgan fingerprint density at radius 1 is 1.22 bits per heavy atom. The van der Waals surface area contributed by atoms with Gasteiger partial charge in [-0.2, -0.15) is 0 Å². The zero-order valence-electron chi connectivity index (χ0n) is 18.1. The van der Waals surface area contributed by atoms with Gasteiger partial charge in [0.1, 0.15) is 11.6 Å². The van der Waals surface area contributed by atoms with Crippen molar-refractivity contribution in [3.63, 3.8) is 0 Å². The summed E-state index contributed by atoms with van der Waals surface area (Å²) in [6.45, 7) is 2.56. The van der Waals surface area contributed by atoms with Crippen molar-refractivity contribution in [2.45, 2.75) is 38.1 Å². The number of hydrogen-bond donors (Lipinski definition) is 2. The Kier molecular flexibility index (Phi) is 8.14. The molecule has 3 unspecified atom stereocenters. The van der Waals surface area contributed by atoms with Crippen molar-refractivity contribution in [1.29, 1.82) is 0 Å². The predicted molar refractivity (Wildman–Crippen MR) is 123 cm³/mol. The standard InChI is InChI=1S/C23H28ClFN2O4S/c1-15(18-7-10-22(25)21(24)12-18)26-13-16-3-4-19(11-16)17-5-8-20(9-6-17)31-14-23(28)27-32(2,29)30/h5-10,12,15-16,19,26H,3-4,11,13-14H2,1-2H3,(H,27,28). The van der Waals surface area contributed by atoms with Crippen LogP contribution in [0.15, 0.2) is 42.5 Å². The number of sulfonamides is 1. The molecule has 0 aliphatic heterocycles. The van der Waals surface area contributed by atoms with Crippen LogP contribution in [0.5, 0.6) is 5.75 Å². The second-order valence-corrected chi connectivity index (χ2v) is 10.5. The van der Waals surface area contributed by atoms with Crippen molar-refractivity contribution in [1.82, 2.24) is 10.0 Å². The summed E-state index contributed by atoms with van der Waals surface area (Å²) in [6.07, 6.45) is 4.21. The van der Waals surface area contributed by atoms with E-state index in [0.717, 1.165) is 37.6 Å². The highest BCUT2D eigenvalue weighted by Crippen LogP contribution is 2.38. The first-order chi connectivity index (χ1) is 15.1. The Labute approximate surface area is 193 Å². The zero-order valence-corrected chi connectivity index (χ0v) is 19.7. The van der Waals surface area contributed by atoms with Crippen LogP contribution in [-0.4, -0.2) is 33.7 Å².